The number of hydrogen-bond acceptors (Lipinski definition) is 4. The first-order valence-corrected chi connectivity index (χ1v) is 7.94. The van der Waals surface area contributed by atoms with E-state index < -0.39 is 18.1 Å². The van der Waals surface area contributed by atoms with Crippen molar-refractivity contribution >= 4 is 17.6 Å². The van der Waals surface area contributed by atoms with Gasteiger partial charge in [0, 0.05) is 24.2 Å². The van der Waals surface area contributed by atoms with Gasteiger partial charge in [-0.2, -0.15) is 13.2 Å². The molecule has 1 N–H and O–H groups in total. The second-order valence-electron chi connectivity index (χ2n) is 6.00. The lowest BCUT2D eigenvalue weighted by atomic mass is 10.2. The van der Waals surface area contributed by atoms with E-state index in [4.69, 9.17) is 25.8 Å². The van der Waals surface area contributed by atoms with Crippen LogP contribution in [0.2, 0.25) is 5.02 Å². The Morgan fingerprint density at radius 1 is 1.24 bits per heavy atom. The van der Waals surface area contributed by atoms with E-state index >= 15 is 0 Å². The molecular weight excluding hydrogens is 365 g/mol. The molecule has 10 heteroatoms. The Hall–Kier alpha value is -1.87. The van der Waals surface area contributed by atoms with Crippen LogP contribution in [0.25, 0.3) is 0 Å². The van der Waals surface area contributed by atoms with Gasteiger partial charge >= 0.3 is 18.1 Å². The number of benzene rings is 1. The number of hydrogen-bond donors (Lipinski definition) is 1. The SMILES string of the molecule is C[C@@H]1CN(C(=O)N[C@]2(C(F)(F)F)Oc3ccc(Cl)cc3O2)C[C@@H](C)O1. The average molecular weight is 381 g/mol. The third-order valence-electron chi connectivity index (χ3n) is 3.76. The summed E-state index contributed by atoms with van der Waals surface area (Å²) in [6.07, 6.45) is -5.60. The molecule has 0 spiro atoms. The van der Waals surface area contributed by atoms with E-state index in [9.17, 15) is 18.0 Å². The predicted molar refractivity (Wildman–Crippen MR) is 81.6 cm³/mol. The van der Waals surface area contributed by atoms with E-state index in [2.05, 4.69) is 0 Å². The number of carbonyl (C=O) groups is 1. The lowest BCUT2D eigenvalue weighted by Gasteiger charge is -2.37. The molecule has 0 bridgehead atoms. The summed E-state index contributed by atoms with van der Waals surface area (Å²) in [6, 6.07) is 2.84. The lowest BCUT2D eigenvalue weighted by Crippen LogP contribution is -2.67. The Balaban J connectivity index is 1.83. The number of ether oxygens (including phenoxy) is 3. The summed E-state index contributed by atoms with van der Waals surface area (Å²) in [6.45, 7) is 3.78. The third-order valence-corrected chi connectivity index (χ3v) is 4.00. The molecule has 0 radical (unpaired) electrons. The van der Waals surface area contributed by atoms with Crippen LogP contribution >= 0.6 is 11.6 Å². The van der Waals surface area contributed by atoms with Crippen molar-refractivity contribution in [1.29, 1.82) is 0 Å². The van der Waals surface area contributed by atoms with E-state index in [1.54, 1.807) is 13.8 Å². The summed E-state index contributed by atoms with van der Waals surface area (Å²) in [4.78, 5) is 13.6. The molecule has 1 fully saturated rings. The quantitative estimate of drug-likeness (QED) is 0.813. The van der Waals surface area contributed by atoms with E-state index in [0.717, 1.165) is 0 Å². The fraction of sp³-hybridized carbons (Fsp3) is 0.533. The maximum absolute atomic E-state index is 13.6. The second kappa shape index (κ2) is 6.14. The van der Waals surface area contributed by atoms with Crippen LogP contribution in [0.5, 0.6) is 11.5 Å². The minimum atomic E-state index is -5.02. The molecule has 0 saturated carbocycles. The van der Waals surface area contributed by atoms with Gasteiger partial charge in [0.15, 0.2) is 11.5 Å². The first-order valence-electron chi connectivity index (χ1n) is 7.56. The van der Waals surface area contributed by atoms with E-state index in [-0.39, 0.29) is 41.8 Å². The maximum Gasteiger partial charge on any atom is 0.492 e. The molecule has 2 heterocycles. The number of halogens is 4. The van der Waals surface area contributed by atoms with Crippen molar-refractivity contribution in [2.24, 2.45) is 0 Å². The second-order valence-corrected chi connectivity index (χ2v) is 6.44. The van der Waals surface area contributed by atoms with Crippen LogP contribution in [0, 0.1) is 0 Å². The molecule has 2 amide bonds. The topological polar surface area (TPSA) is 60.0 Å². The van der Waals surface area contributed by atoms with Gasteiger partial charge in [0.25, 0.3) is 0 Å². The maximum atomic E-state index is 13.6. The third kappa shape index (κ3) is 3.43. The molecule has 2 aliphatic heterocycles. The molecule has 0 aliphatic carbocycles. The summed E-state index contributed by atoms with van der Waals surface area (Å²) in [5.41, 5.74) is 0. The normalized spacial score (nSPS) is 28.8. The average Bonchev–Trinajstić information content (AvgIpc) is 2.84. The van der Waals surface area contributed by atoms with Gasteiger partial charge in [0.05, 0.1) is 12.2 Å². The van der Waals surface area contributed by atoms with Crippen LogP contribution in [0.1, 0.15) is 13.8 Å². The number of nitrogens with zero attached hydrogens (tertiary/aromatic N) is 1. The molecule has 0 unspecified atom stereocenters. The van der Waals surface area contributed by atoms with Crippen molar-refractivity contribution in [3.05, 3.63) is 23.2 Å². The Bertz CT molecular complexity index is 677. The Morgan fingerprint density at radius 2 is 1.84 bits per heavy atom. The molecule has 0 aromatic heterocycles. The summed E-state index contributed by atoms with van der Waals surface area (Å²) >= 11 is 5.76. The molecular formula is C15H16ClF3N2O4. The van der Waals surface area contributed by atoms with Gasteiger partial charge in [0.1, 0.15) is 0 Å². The Kier molecular flexibility index (Phi) is 4.40. The van der Waals surface area contributed by atoms with Crippen LogP contribution in [-0.2, 0) is 4.74 Å². The largest absolute Gasteiger partial charge is 0.492 e. The lowest BCUT2D eigenvalue weighted by molar-refractivity contribution is -0.318. The molecule has 1 saturated heterocycles. The van der Waals surface area contributed by atoms with E-state index in [1.807, 2.05) is 5.32 Å². The number of rotatable bonds is 1. The zero-order chi connectivity index (χ0) is 18.4. The fourth-order valence-corrected chi connectivity index (χ4v) is 2.94. The summed E-state index contributed by atoms with van der Waals surface area (Å²) in [5, 5.41) is 2.01. The van der Waals surface area contributed by atoms with Gasteiger partial charge in [-0.1, -0.05) is 11.6 Å². The first-order chi connectivity index (χ1) is 11.6. The van der Waals surface area contributed by atoms with Gasteiger partial charge in [-0.3, -0.25) is 5.32 Å². The van der Waals surface area contributed by atoms with Crippen LogP contribution in [0.4, 0.5) is 18.0 Å². The molecule has 2 aliphatic rings. The summed E-state index contributed by atoms with van der Waals surface area (Å²) in [5.74, 6) is -3.67. The number of fused-ring (bicyclic) bond motifs is 1. The molecule has 138 valence electrons. The van der Waals surface area contributed by atoms with Crippen LogP contribution in [-0.4, -0.2) is 48.3 Å². The standard InChI is InChI=1S/C15H16ClF3N2O4/c1-8-6-21(7-9(2)23-8)13(22)20-15(14(17,18)19)24-11-4-3-10(16)5-12(11)25-15/h3-5,8-9H,6-7H2,1-2H3,(H,20,22)/t8-,9-,15-/m1/s1. The minimum Gasteiger partial charge on any atom is -0.424 e. The van der Waals surface area contributed by atoms with Gasteiger partial charge in [-0.05, 0) is 26.0 Å². The molecule has 3 rings (SSSR count). The zero-order valence-electron chi connectivity index (χ0n) is 13.4. The number of urea groups is 1. The molecule has 1 aromatic rings. The highest BCUT2D eigenvalue weighted by Crippen LogP contribution is 2.46. The highest BCUT2D eigenvalue weighted by Gasteiger charge is 2.66. The summed E-state index contributed by atoms with van der Waals surface area (Å²) in [7, 11) is 0. The monoisotopic (exact) mass is 380 g/mol. The molecule has 1 aromatic carbocycles. The number of amides is 2. The van der Waals surface area contributed by atoms with E-state index in [1.165, 1.54) is 23.1 Å². The smallest absolute Gasteiger partial charge is 0.424 e. The first kappa shape index (κ1) is 17.9. The Labute approximate surface area is 146 Å². The number of alkyl halides is 3. The van der Waals surface area contributed by atoms with Crippen molar-refractivity contribution in [3.8, 4) is 11.5 Å². The van der Waals surface area contributed by atoms with Gasteiger partial charge in [-0.25, -0.2) is 4.79 Å². The zero-order valence-corrected chi connectivity index (χ0v) is 14.1. The van der Waals surface area contributed by atoms with Crippen LogP contribution in [0.15, 0.2) is 18.2 Å². The van der Waals surface area contributed by atoms with Crippen molar-refractivity contribution < 1.29 is 32.2 Å². The highest BCUT2D eigenvalue weighted by molar-refractivity contribution is 6.30. The molecule has 6 nitrogen and oxygen atoms in total. The van der Waals surface area contributed by atoms with Crippen LogP contribution < -0.4 is 14.8 Å². The summed E-state index contributed by atoms with van der Waals surface area (Å²) < 4.78 is 56.2. The number of nitrogens with one attached hydrogen (secondary N) is 1. The van der Waals surface area contributed by atoms with Crippen molar-refractivity contribution in [3.63, 3.8) is 0 Å². The van der Waals surface area contributed by atoms with Crippen molar-refractivity contribution in [1.82, 2.24) is 10.2 Å². The highest BCUT2D eigenvalue weighted by atomic mass is 35.5. The van der Waals surface area contributed by atoms with Crippen molar-refractivity contribution in [2.75, 3.05) is 13.1 Å². The minimum absolute atomic E-state index is 0.156. The van der Waals surface area contributed by atoms with Gasteiger partial charge in [-0.15, -0.1) is 0 Å². The molecule has 3 atom stereocenters. The predicted octanol–water partition coefficient (Wildman–Crippen LogP) is 3.15. The van der Waals surface area contributed by atoms with E-state index in [0.29, 0.717) is 0 Å². The fourth-order valence-electron chi connectivity index (χ4n) is 2.78. The Morgan fingerprint density at radius 3 is 2.44 bits per heavy atom. The number of carbonyl (C=O) groups excluding carboxylic acids is 1. The van der Waals surface area contributed by atoms with Crippen LogP contribution in [0.3, 0.4) is 0 Å². The number of morpholine rings is 1. The van der Waals surface area contributed by atoms with Crippen molar-refractivity contribution in [2.45, 2.75) is 38.1 Å². The van der Waals surface area contributed by atoms with Gasteiger partial charge in [0.2, 0.25) is 0 Å². The molecule has 25 heavy (non-hydrogen) atoms. The van der Waals surface area contributed by atoms with Gasteiger partial charge < -0.3 is 19.1 Å².